The first-order chi connectivity index (χ1) is 10.1. The highest BCUT2D eigenvalue weighted by atomic mass is 16.5. The fraction of sp³-hybridized carbons (Fsp3) is 0.667. The molecule has 0 aliphatic carbocycles. The molecule has 0 amide bonds. The molecule has 1 saturated heterocycles. The van der Waals surface area contributed by atoms with E-state index in [9.17, 15) is 0 Å². The van der Waals surface area contributed by atoms with E-state index in [1.807, 2.05) is 0 Å². The van der Waals surface area contributed by atoms with Gasteiger partial charge in [-0.25, -0.2) is 0 Å². The summed E-state index contributed by atoms with van der Waals surface area (Å²) in [5, 5.41) is 3.73. The van der Waals surface area contributed by atoms with Crippen LogP contribution in [0.1, 0.15) is 39.3 Å². The fourth-order valence-corrected chi connectivity index (χ4v) is 3.21. The second kappa shape index (κ2) is 7.92. The maximum atomic E-state index is 5.66. The molecule has 2 rings (SSSR count). The number of nitrogens with one attached hydrogen (secondary N) is 1. The van der Waals surface area contributed by atoms with Gasteiger partial charge in [0.15, 0.2) is 0 Å². The average molecular weight is 290 g/mol. The zero-order chi connectivity index (χ0) is 15.2. The molecule has 1 aliphatic rings. The van der Waals surface area contributed by atoms with Gasteiger partial charge in [0, 0.05) is 37.8 Å². The van der Waals surface area contributed by atoms with Gasteiger partial charge in [-0.15, -0.1) is 0 Å². The Labute approximate surface area is 129 Å². The van der Waals surface area contributed by atoms with Gasteiger partial charge in [-0.05, 0) is 25.3 Å². The molecular weight excluding hydrogens is 260 g/mol. The van der Waals surface area contributed by atoms with Crippen molar-refractivity contribution < 1.29 is 4.74 Å². The van der Waals surface area contributed by atoms with E-state index in [1.165, 1.54) is 5.56 Å². The van der Waals surface area contributed by atoms with Gasteiger partial charge in [0.25, 0.3) is 0 Å². The Morgan fingerprint density at radius 2 is 1.95 bits per heavy atom. The van der Waals surface area contributed by atoms with Crippen LogP contribution in [0.5, 0.6) is 0 Å². The van der Waals surface area contributed by atoms with E-state index in [1.54, 1.807) is 0 Å². The Bertz CT molecular complexity index is 407. The number of hydrogen-bond donors (Lipinski definition) is 1. The number of piperazine rings is 1. The fourth-order valence-electron chi connectivity index (χ4n) is 3.21. The van der Waals surface area contributed by atoms with Crippen LogP contribution >= 0.6 is 0 Å². The van der Waals surface area contributed by atoms with Crippen molar-refractivity contribution in [2.75, 3.05) is 26.3 Å². The summed E-state index contributed by atoms with van der Waals surface area (Å²) in [6.45, 7) is 12.7. The molecule has 1 aliphatic heterocycles. The third kappa shape index (κ3) is 4.29. The minimum Gasteiger partial charge on any atom is -0.380 e. The number of rotatable bonds is 6. The summed E-state index contributed by atoms with van der Waals surface area (Å²) in [6.07, 6.45) is 0. The van der Waals surface area contributed by atoms with E-state index in [0.29, 0.717) is 24.0 Å². The van der Waals surface area contributed by atoms with E-state index < -0.39 is 0 Å². The maximum absolute atomic E-state index is 5.66. The summed E-state index contributed by atoms with van der Waals surface area (Å²) >= 11 is 0. The van der Waals surface area contributed by atoms with Crippen LogP contribution < -0.4 is 5.32 Å². The van der Waals surface area contributed by atoms with Crippen molar-refractivity contribution in [3.05, 3.63) is 35.9 Å². The second-order valence-electron chi connectivity index (χ2n) is 6.39. The quantitative estimate of drug-likeness (QED) is 0.871. The molecule has 3 heteroatoms. The average Bonchev–Trinajstić information content (AvgIpc) is 2.52. The first-order valence-corrected chi connectivity index (χ1v) is 8.25. The zero-order valence-corrected chi connectivity index (χ0v) is 13.9. The highest BCUT2D eigenvalue weighted by Crippen LogP contribution is 2.25. The van der Waals surface area contributed by atoms with E-state index in [-0.39, 0.29) is 0 Å². The molecular formula is C18H30N2O. The molecule has 0 spiro atoms. The van der Waals surface area contributed by atoms with Crippen molar-refractivity contribution in [2.45, 2.75) is 45.8 Å². The van der Waals surface area contributed by atoms with Gasteiger partial charge in [-0.1, -0.05) is 44.2 Å². The third-order valence-electron chi connectivity index (χ3n) is 4.49. The summed E-state index contributed by atoms with van der Waals surface area (Å²) in [5.74, 6) is 0.651. The molecule has 0 radical (unpaired) electrons. The van der Waals surface area contributed by atoms with Crippen molar-refractivity contribution in [2.24, 2.45) is 5.92 Å². The molecule has 118 valence electrons. The van der Waals surface area contributed by atoms with Crippen molar-refractivity contribution in [1.29, 1.82) is 0 Å². The highest BCUT2D eigenvalue weighted by Gasteiger charge is 2.33. The second-order valence-corrected chi connectivity index (χ2v) is 6.39. The Morgan fingerprint density at radius 1 is 1.24 bits per heavy atom. The number of hydrogen-bond acceptors (Lipinski definition) is 3. The van der Waals surface area contributed by atoms with Crippen LogP contribution in [-0.2, 0) is 4.74 Å². The Balaban J connectivity index is 2.08. The maximum Gasteiger partial charge on any atom is 0.0619 e. The third-order valence-corrected chi connectivity index (χ3v) is 4.49. The first-order valence-electron chi connectivity index (χ1n) is 8.25. The van der Waals surface area contributed by atoms with E-state index in [4.69, 9.17) is 4.74 Å². The Morgan fingerprint density at radius 3 is 2.57 bits per heavy atom. The number of benzene rings is 1. The summed E-state index contributed by atoms with van der Waals surface area (Å²) < 4.78 is 5.66. The Hall–Kier alpha value is -0.900. The van der Waals surface area contributed by atoms with Crippen LogP contribution in [0, 0.1) is 5.92 Å². The smallest absolute Gasteiger partial charge is 0.0619 e. The predicted octanol–water partition coefficient (Wildman–Crippen LogP) is 3.08. The largest absolute Gasteiger partial charge is 0.380 e. The number of ether oxygens (including phenoxy) is 1. The molecule has 1 fully saturated rings. The molecule has 1 aromatic carbocycles. The van der Waals surface area contributed by atoms with Crippen LogP contribution in [0.15, 0.2) is 30.3 Å². The lowest BCUT2D eigenvalue weighted by molar-refractivity contribution is 0.0135. The Kier molecular flexibility index (Phi) is 6.22. The van der Waals surface area contributed by atoms with Gasteiger partial charge in [0.1, 0.15) is 0 Å². The molecule has 1 heterocycles. The minimum absolute atomic E-state index is 0.422. The summed E-state index contributed by atoms with van der Waals surface area (Å²) in [6, 6.07) is 12.2. The van der Waals surface area contributed by atoms with Gasteiger partial charge in [0.05, 0.1) is 6.61 Å². The lowest BCUT2D eigenvalue weighted by atomic mass is 9.94. The highest BCUT2D eigenvalue weighted by molar-refractivity contribution is 5.20. The van der Waals surface area contributed by atoms with Crippen LogP contribution in [-0.4, -0.2) is 43.3 Å². The standard InChI is InChI=1S/C18H30N2O/c1-5-21-13-15(4)20-12-17(16-9-7-6-8-10-16)19-11-18(20)14(2)3/h6-10,14-15,17-19H,5,11-13H2,1-4H3. The summed E-state index contributed by atoms with van der Waals surface area (Å²) in [7, 11) is 0. The van der Waals surface area contributed by atoms with Crippen LogP contribution in [0.25, 0.3) is 0 Å². The zero-order valence-electron chi connectivity index (χ0n) is 13.9. The molecule has 1 N–H and O–H groups in total. The molecule has 0 aromatic heterocycles. The lowest BCUT2D eigenvalue weighted by Crippen LogP contribution is -2.58. The summed E-state index contributed by atoms with van der Waals surface area (Å²) in [5.41, 5.74) is 1.38. The molecule has 3 atom stereocenters. The van der Waals surface area contributed by atoms with E-state index in [2.05, 4.69) is 68.2 Å². The topological polar surface area (TPSA) is 24.5 Å². The van der Waals surface area contributed by atoms with E-state index >= 15 is 0 Å². The van der Waals surface area contributed by atoms with Crippen molar-refractivity contribution in [1.82, 2.24) is 10.2 Å². The normalized spacial score (nSPS) is 25.2. The molecule has 3 nitrogen and oxygen atoms in total. The molecule has 3 unspecified atom stereocenters. The molecule has 0 saturated carbocycles. The van der Waals surface area contributed by atoms with Crippen molar-refractivity contribution in [3.63, 3.8) is 0 Å². The summed E-state index contributed by atoms with van der Waals surface area (Å²) in [4.78, 5) is 2.63. The lowest BCUT2D eigenvalue weighted by Gasteiger charge is -2.45. The number of nitrogens with zero attached hydrogens (tertiary/aromatic N) is 1. The van der Waals surface area contributed by atoms with Crippen LogP contribution in [0.3, 0.4) is 0 Å². The first kappa shape index (κ1) is 16.5. The predicted molar refractivity (Wildman–Crippen MR) is 88.5 cm³/mol. The van der Waals surface area contributed by atoms with Crippen molar-refractivity contribution >= 4 is 0 Å². The van der Waals surface area contributed by atoms with Crippen LogP contribution in [0.4, 0.5) is 0 Å². The van der Waals surface area contributed by atoms with Gasteiger partial charge < -0.3 is 10.1 Å². The van der Waals surface area contributed by atoms with Crippen molar-refractivity contribution in [3.8, 4) is 0 Å². The monoisotopic (exact) mass is 290 g/mol. The minimum atomic E-state index is 0.422. The van der Waals surface area contributed by atoms with Gasteiger partial charge in [-0.3, -0.25) is 4.90 Å². The van der Waals surface area contributed by atoms with Gasteiger partial charge in [0.2, 0.25) is 0 Å². The molecule has 1 aromatic rings. The SMILES string of the molecule is CCOCC(C)N1CC(c2ccccc2)NCC1C(C)C. The van der Waals surface area contributed by atoms with Crippen LogP contribution in [0.2, 0.25) is 0 Å². The van der Waals surface area contributed by atoms with Gasteiger partial charge >= 0.3 is 0 Å². The molecule has 21 heavy (non-hydrogen) atoms. The molecule has 0 bridgehead atoms. The van der Waals surface area contributed by atoms with Gasteiger partial charge in [-0.2, -0.15) is 0 Å². The van der Waals surface area contributed by atoms with E-state index in [0.717, 1.165) is 26.3 Å².